The van der Waals surface area contributed by atoms with Gasteiger partial charge in [0.25, 0.3) is 0 Å². The van der Waals surface area contributed by atoms with Crippen LogP contribution in [0.3, 0.4) is 0 Å². The van der Waals surface area contributed by atoms with Gasteiger partial charge in [-0.05, 0) is 24.3 Å². The van der Waals surface area contributed by atoms with Crippen LogP contribution >= 0.6 is 11.3 Å². The molecule has 0 amide bonds. The maximum atomic E-state index is 10.5. The average Bonchev–Trinajstić information content (AvgIpc) is 2.76. The van der Waals surface area contributed by atoms with Gasteiger partial charge in [-0.1, -0.05) is 6.07 Å². The van der Waals surface area contributed by atoms with Gasteiger partial charge in [0, 0.05) is 31.1 Å². The quantitative estimate of drug-likeness (QED) is 0.808. The first-order valence-electron chi connectivity index (χ1n) is 5.43. The number of hydrogen-bond donors (Lipinski definition) is 2. The zero-order chi connectivity index (χ0) is 10.7. The van der Waals surface area contributed by atoms with Crippen LogP contribution in [0, 0.1) is 0 Å². The molecule has 2 rings (SSSR count). The molecular formula is C11H18N2OS. The van der Waals surface area contributed by atoms with Crippen molar-refractivity contribution in [3.63, 3.8) is 0 Å². The molecule has 1 aliphatic rings. The van der Waals surface area contributed by atoms with Gasteiger partial charge in [0.05, 0.1) is 0 Å². The van der Waals surface area contributed by atoms with Crippen LogP contribution in [0.4, 0.5) is 0 Å². The first-order valence-corrected chi connectivity index (χ1v) is 6.31. The smallest absolute Gasteiger partial charge is 0.101 e. The average molecular weight is 226 g/mol. The molecule has 1 aromatic rings. The second-order valence-electron chi connectivity index (χ2n) is 4.14. The Bertz CT molecular complexity index is 292. The molecule has 0 aliphatic carbocycles. The van der Waals surface area contributed by atoms with Gasteiger partial charge >= 0.3 is 0 Å². The monoisotopic (exact) mass is 226 g/mol. The molecule has 0 unspecified atom stereocenters. The first kappa shape index (κ1) is 11.1. The molecule has 4 heteroatoms. The topological polar surface area (TPSA) is 49.5 Å². The van der Waals surface area contributed by atoms with Crippen molar-refractivity contribution < 1.29 is 5.11 Å². The van der Waals surface area contributed by atoms with E-state index in [0.717, 1.165) is 37.4 Å². The summed E-state index contributed by atoms with van der Waals surface area (Å²) >= 11 is 1.65. The summed E-state index contributed by atoms with van der Waals surface area (Å²) in [5, 5.41) is 12.5. The molecule has 0 saturated carbocycles. The fourth-order valence-corrected chi connectivity index (χ4v) is 3.00. The van der Waals surface area contributed by atoms with Crippen molar-refractivity contribution in [1.29, 1.82) is 0 Å². The summed E-state index contributed by atoms with van der Waals surface area (Å²) in [6.45, 7) is 3.55. The van der Waals surface area contributed by atoms with Gasteiger partial charge in [-0.25, -0.2) is 0 Å². The normalized spacial score (nSPS) is 21.7. The van der Waals surface area contributed by atoms with Crippen molar-refractivity contribution in [2.24, 2.45) is 5.73 Å². The molecule has 15 heavy (non-hydrogen) atoms. The van der Waals surface area contributed by atoms with Gasteiger partial charge < -0.3 is 15.7 Å². The summed E-state index contributed by atoms with van der Waals surface area (Å²) in [4.78, 5) is 3.43. The lowest BCUT2D eigenvalue weighted by Crippen LogP contribution is -2.43. The Morgan fingerprint density at radius 2 is 2.20 bits per heavy atom. The van der Waals surface area contributed by atoms with Crippen LogP contribution in [-0.2, 0) is 5.60 Å². The molecular weight excluding hydrogens is 208 g/mol. The largest absolute Gasteiger partial charge is 0.384 e. The maximum Gasteiger partial charge on any atom is 0.101 e. The van der Waals surface area contributed by atoms with E-state index in [2.05, 4.69) is 4.90 Å². The summed E-state index contributed by atoms with van der Waals surface area (Å²) < 4.78 is 0. The summed E-state index contributed by atoms with van der Waals surface area (Å²) in [7, 11) is 0. The summed E-state index contributed by atoms with van der Waals surface area (Å²) in [5.41, 5.74) is 4.94. The van der Waals surface area contributed by atoms with E-state index in [4.69, 9.17) is 5.73 Å². The van der Waals surface area contributed by atoms with Gasteiger partial charge in [-0.15, -0.1) is 11.3 Å². The molecule has 0 radical (unpaired) electrons. The molecule has 0 bridgehead atoms. The number of piperidine rings is 1. The predicted octanol–water partition coefficient (Wildman–Crippen LogP) is 0.990. The van der Waals surface area contributed by atoms with E-state index in [1.807, 2.05) is 17.5 Å². The van der Waals surface area contributed by atoms with Crippen molar-refractivity contribution in [3.05, 3.63) is 22.4 Å². The van der Waals surface area contributed by atoms with E-state index >= 15 is 0 Å². The van der Waals surface area contributed by atoms with E-state index < -0.39 is 5.60 Å². The number of likely N-dealkylation sites (tertiary alicyclic amines) is 1. The highest BCUT2D eigenvalue weighted by molar-refractivity contribution is 7.10. The minimum atomic E-state index is -0.584. The van der Waals surface area contributed by atoms with E-state index in [-0.39, 0.29) is 0 Å². The van der Waals surface area contributed by atoms with Gasteiger partial charge in [0.2, 0.25) is 0 Å². The Morgan fingerprint density at radius 3 is 2.73 bits per heavy atom. The molecule has 1 aliphatic heterocycles. The van der Waals surface area contributed by atoms with E-state index in [1.54, 1.807) is 11.3 Å². The molecule has 1 aromatic heterocycles. The zero-order valence-electron chi connectivity index (χ0n) is 8.85. The maximum absolute atomic E-state index is 10.5. The van der Waals surface area contributed by atoms with Crippen LogP contribution in [0.5, 0.6) is 0 Å². The molecule has 2 heterocycles. The van der Waals surface area contributed by atoms with Gasteiger partial charge in [-0.2, -0.15) is 0 Å². The molecule has 1 saturated heterocycles. The second-order valence-corrected chi connectivity index (χ2v) is 5.09. The fourth-order valence-electron chi connectivity index (χ4n) is 2.12. The minimum absolute atomic E-state index is 0.584. The standard InChI is InChI=1S/C11H18N2OS/c12-5-8-13-6-3-11(14,4-7-13)10-2-1-9-15-10/h1-2,9,14H,3-8,12H2. The molecule has 0 aromatic carbocycles. The third kappa shape index (κ3) is 2.39. The van der Waals surface area contributed by atoms with Crippen molar-refractivity contribution in [2.45, 2.75) is 18.4 Å². The lowest BCUT2D eigenvalue weighted by atomic mass is 9.90. The predicted molar refractivity (Wildman–Crippen MR) is 62.9 cm³/mol. The Balaban J connectivity index is 1.97. The number of nitrogens with two attached hydrogens (primary N) is 1. The molecule has 3 nitrogen and oxygen atoms in total. The minimum Gasteiger partial charge on any atom is -0.384 e. The Labute approximate surface area is 94.5 Å². The summed E-state index contributed by atoms with van der Waals surface area (Å²) in [5.74, 6) is 0. The van der Waals surface area contributed by atoms with E-state index in [0.29, 0.717) is 6.54 Å². The highest BCUT2D eigenvalue weighted by Gasteiger charge is 2.34. The van der Waals surface area contributed by atoms with Crippen LogP contribution < -0.4 is 5.73 Å². The van der Waals surface area contributed by atoms with Gasteiger partial charge in [-0.3, -0.25) is 0 Å². The van der Waals surface area contributed by atoms with Crippen LogP contribution in [0.2, 0.25) is 0 Å². The third-order valence-electron chi connectivity index (χ3n) is 3.11. The van der Waals surface area contributed by atoms with E-state index in [1.165, 1.54) is 0 Å². The van der Waals surface area contributed by atoms with Crippen LogP contribution in [0.25, 0.3) is 0 Å². The van der Waals surface area contributed by atoms with Crippen molar-refractivity contribution in [1.82, 2.24) is 4.90 Å². The van der Waals surface area contributed by atoms with Crippen LogP contribution in [-0.4, -0.2) is 36.2 Å². The van der Waals surface area contributed by atoms with Crippen molar-refractivity contribution in [2.75, 3.05) is 26.2 Å². The molecule has 84 valence electrons. The zero-order valence-corrected chi connectivity index (χ0v) is 9.67. The second kappa shape index (κ2) is 4.61. The van der Waals surface area contributed by atoms with Crippen molar-refractivity contribution in [3.8, 4) is 0 Å². The highest BCUT2D eigenvalue weighted by Crippen LogP contribution is 2.35. The van der Waals surface area contributed by atoms with Gasteiger partial charge in [0.15, 0.2) is 0 Å². The molecule has 0 atom stereocenters. The third-order valence-corrected chi connectivity index (χ3v) is 4.17. The molecule has 3 N–H and O–H groups in total. The first-order chi connectivity index (χ1) is 7.24. The number of thiophene rings is 1. The number of nitrogens with zero attached hydrogens (tertiary/aromatic N) is 1. The SMILES string of the molecule is NCCN1CCC(O)(c2cccs2)CC1. The van der Waals surface area contributed by atoms with Gasteiger partial charge in [0.1, 0.15) is 5.60 Å². The van der Waals surface area contributed by atoms with Crippen molar-refractivity contribution >= 4 is 11.3 Å². The fraction of sp³-hybridized carbons (Fsp3) is 0.636. The number of hydrogen-bond acceptors (Lipinski definition) is 4. The van der Waals surface area contributed by atoms with Crippen LogP contribution in [0.15, 0.2) is 17.5 Å². The molecule has 0 spiro atoms. The summed E-state index contributed by atoms with van der Waals surface area (Å²) in [6, 6.07) is 4.04. The van der Waals surface area contributed by atoms with Crippen LogP contribution in [0.1, 0.15) is 17.7 Å². The summed E-state index contributed by atoms with van der Waals surface area (Å²) in [6.07, 6.45) is 1.65. The lowest BCUT2D eigenvalue weighted by molar-refractivity contribution is -0.0221. The highest BCUT2D eigenvalue weighted by atomic mass is 32.1. The van der Waals surface area contributed by atoms with E-state index in [9.17, 15) is 5.11 Å². The lowest BCUT2D eigenvalue weighted by Gasteiger charge is -2.37. The Hall–Kier alpha value is -0.420. The number of aliphatic hydroxyl groups is 1. The molecule has 1 fully saturated rings. The Kier molecular flexibility index (Phi) is 3.41. The number of rotatable bonds is 3. The Morgan fingerprint density at radius 1 is 1.47 bits per heavy atom.